The summed E-state index contributed by atoms with van der Waals surface area (Å²) in [6.07, 6.45) is 0. The number of esters is 1. The molecule has 0 spiro atoms. The smallest absolute Gasteiger partial charge is 0.344 e. The molecule has 0 N–H and O–H groups in total. The van der Waals surface area contributed by atoms with Crippen LogP contribution in [0.5, 0.6) is 11.5 Å². The van der Waals surface area contributed by atoms with E-state index < -0.39 is 5.97 Å². The maximum absolute atomic E-state index is 11.8. The van der Waals surface area contributed by atoms with Crippen molar-refractivity contribution in [2.45, 2.75) is 13.5 Å². The Kier molecular flexibility index (Phi) is 5.82. The third kappa shape index (κ3) is 4.83. The number of ether oxygens (including phenoxy) is 3. The van der Waals surface area contributed by atoms with Gasteiger partial charge in [-0.25, -0.2) is 4.79 Å². The topological polar surface area (TPSA) is 83.7 Å². The summed E-state index contributed by atoms with van der Waals surface area (Å²) in [7, 11) is 0. The van der Waals surface area contributed by atoms with E-state index in [1.165, 1.54) is 0 Å². The fourth-order valence-corrected chi connectivity index (χ4v) is 2.14. The number of nitrogens with zero attached hydrogens (tertiary/aromatic N) is 2. The summed E-state index contributed by atoms with van der Waals surface area (Å²) in [5, 5.41) is 3.86. The monoisotopic (exact) mass is 354 g/mol. The number of hydrogen-bond acceptors (Lipinski definition) is 7. The second kappa shape index (κ2) is 8.66. The third-order valence-corrected chi connectivity index (χ3v) is 3.35. The molecule has 0 radical (unpaired) electrons. The van der Waals surface area contributed by atoms with Gasteiger partial charge in [0.05, 0.1) is 6.61 Å². The van der Waals surface area contributed by atoms with Gasteiger partial charge in [-0.15, -0.1) is 0 Å². The first-order valence-corrected chi connectivity index (χ1v) is 8.14. The average Bonchev–Trinajstić information content (AvgIpc) is 3.16. The van der Waals surface area contributed by atoms with Crippen molar-refractivity contribution in [1.82, 2.24) is 10.1 Å². The average molecular weight is 354 g/mol. The molecule has 7 heteroatoms. The van der Waals surface area contributed by atoms with Crippen LogP contribution >= 0.6 is 0 Å². The van der Waals surface area contributed by atoms with Gasteiger partial charge in [0.25, 0.3) is 5.89 Å². The van der Waals surface area contributed by atoms with Crippen LogP contribution in [0.4, 0.5) is 0 Å². The molecule has 0 amide bonds. The van der Waals surface area contributed by atoms with Gasteiger partial charge >= 0.3 is 5.97 Å². The molecule has 0 bridgehead atoms. The van der Waals surface area contributed by atoms with Crippen molar-refractivity contribution in [1.29, 1.82) is 0 Å². The Bertz CT molecular complexity index is 831. The predicted molar refractivity (Wildman–Crippen MR) is 92.6 cm³/mol. The first-order chi connectivity index (χ1) is 12.7. The molecule has 1 heterocycles. The zero-order chi connectivity index (χ0) is 18.2. The second-order valence-electron chi connectivity index (χ2n) is 5.23. The van der Waals surface area contributed by atoms with Gasteiger partial charge in [0.2, 0.25) is 5.82 Å². The summed E-state index contributed by atoms with van der Waals surface area (Å²) in [6.45, 7) is 2.18. The van der Waals surface area contributed by atoms with E-state index in [0.29, 0.717) is 18.2 Å². The Morgan fingerprint density at radius 3 is 2.38 bits per heavy atom. The number of aromatic nitrogens is 2. The SMILES string of the molecule is CCOc1ccc(OCC(=O)OCc2nc(-c3ccccc3)no2)cc1. The van der Waals surface area contributed by atoms with Gasteiger partial charge < -0.3 is 18.7 Å². The number of benzene rings is 2. The standard InChI is InChI=1S/C19H18N2O5/c1-2-23-15-8-10-16(11-9-15)24-13-18(22)25-12-17-20-19(21-26-17)14-6-4-3-5-7-14/h3-11H,2,12-13H2,1H3. The maximum Gasteiger partial charge on any atom is 0.344 e. The Labute approximate surface area is 150 Å². The highest BCUT2D eigenvalue weighted by atomic mass is 16.6. The van der Waals surface area contributed by atoms with E-state index in [9.17, 15) is 4.79 Å². The van der Waals surface area contributed by atoms with Crippen LogP contribution < -0.4 is 9.47 Å². The number of hydrogen-bond donors (Lipinski definition) is 0. The number of carbonyl (C=O) groups excluding carboxylic acids is 1. The van der Waals surface area contributed by atoms with Gasteiger partial charge in [0.15, 0.2) is 13.2 Å². The van der Waals surface area contributed by atoms with Gasteiger partial charge in [-0.05, 0) is 31.2 Å². The van der Waals surface area contributed by atoms with E-state index in [4.69, 9.17) is 18.7 Å². The minimum atomic E-state index is -0.529. The quantitative estimate of drug-likeness (QED) is 0.574. The summed E-state index contributed by atoms with van der Waals surface area (Å²) in [4.78, 5) is 16.0. The van der Waals surface area contributed by atoms with E-state index in [1.807, 2.05) is 37.3 Å². The molecule has 0 aliphatic carbocycles. The van der Waals surface area contributed by atoms with Crippen molar-refractivity contribution < 1.29 is 23.5 Å². The van der Waals surface area contributed by atoms with Crippen LogP contribution in [0.25, 0.3) is 11.4 Å². The van der Waals surface area contributed by atoms with Crippen LogP contribution in [0.3, 0.4) is 0 Å². The Balaban J connectivity index is 1.45. The maximum atomic E-state index is 11.8. The van der Waals surface area contributed by atoms with Crippen LogP contribution in [-0.4, -0.2) is 29.3 Å². The van der Waals surface area contributed by atoms with Crippen molar-refractivity contribution in [2.24, 2.45) is 0 Å². The van der Waals surface area contributed by atoms with Gasteiger partial charge in [0.1, 0.15) is 11.5 Å². The summed E-state index contributed by atoms with van der Waals surface area (Å²) < 4.78 is 20.9. The Morgan fingerprint density at radius 1 is 1.00 bits per heavy atom. The normalized spacial score (nSPS) is 10.3. The molecule has 0 aliphatic rings. The molecule has 0 atom stereocenters. The van der Waals surface area contributed by atoms with Gasteiger partial charge in [0, 0.05) is 5.56 Å². The van der Waals surface area contributed by atoms with E-state index in [1.54, 1.807) is 24.3 Å². The Morgan fingerprint density at radius 2 is 1.69 bits per heavy atom. The molecule has 0 unspecified atom stereocenters. The largest absolute Gasteiger partial charge is 0.494 e. The van der Waals surface area contributed by atoms with E-state index >= 15 is 0 Å². The van der Waals surface area contributed by atoms with Crippen molar-refractivity contribution in [3.05, 3.63) is 60.5 Å². The molecule has 2 aromatic carbocycles. The summed E-state index contributed by atoms with van der Waals surface area (Å²) in [5.41, 5.74) is 0.827. The lowest BCUT2D eigenvalue weighted by Gasteiger charge is -2.07. The van der Waals surface area contributed by atoms with E-state index in [-0.39, 0.29) is 19.1 Å². The molecule has 7 nitrogen and oxygen atoms in total. The van der Waals surface area contributed by atoms with Crippen molar-refractivity contribution in [3.63, 3.8) is 0 Å². The second-order valence-corrected chi connectivity index (χ2v) is 5.23. The first-order valence-electron chi connectivity index (χ1n) is 8.14. The molecular weight excluding hydrogens is 336 g/mol. The minimum absolute atomic E-state index is 0.106. The van der Waals surface area contributed by atoms with Crippen molar-refractivity contribution in [2.75, 3.05) is 13.2 Å². The van der Waals surface area contributed by atoms with Crippen molar-refractivity contribution >= 4 is 5.97 Å². The summed E-state index contributed by atoms with van der Waals surface area (Å²) in [6, 6.07) is 16.4. The van der Waals surface area contributed by atoms with Gasteiger partial charge in [-0.2, -0.15) is 4.98 Å². The molecule has 3 rings (SSSR count). The Hall–Kier alpha value is -3.35. The summed E-state index contributed by atoms with van der Waals surface area (Å²) >= 11 is 0. The third-order valence-electron chi connectivity index (χ3n) is 3.35. The van der Waals surface area contributed by atoms with Crippen molar-refractivity contribution in [3.8, 4) is 22.9 Å². The predicted octanol–water partition coefficient (Wildman–Crippen LogP) is 3.26. The molecule has 26 heavy (non-hydrogen) atoms. The molecule has 0 saturated carbocycles. The summed E-state index contributed by atoms with van der Waals surface area (Å²) in [5.74, 6) is 1.43. The zero-order valence-corrected chi connectivity index (χ0v) is 14.3. The fraction of sp³-hybridized carbons (Fsp3) is 0.211. The van der Waals surface area contributed by atoms with Gasteiger partial charge in [-0.1, -0.05) is 35.5 Å². The molecule has 3 aromatic rings. The lowest BCUT2D eigenvalue weighted by atomic mass is 10.2. The molecular formula is C19H18N2O5. The zero-order valence-electron chi connectivity index (χ0n) is 14.3. The highest BCUT2D eigenvalue weighted by Gasteiger charge is 2.11. The minimum Gasteiger partial charge on any atom is -0.494 e. The van der Waals surface area contributed by atoms with Crippen LogP contribution in [0.1, 0.15) is 12.8 Å². The molecule has 0 aliphatic heterocycles. The number of rotatable bonds is 8. The number of carbonyl (C=O) groups is 1. The first kappa shape index (κ1) is 17.5. The van der Waals surface area contributed by atoms with Crippen LogP contribution in [0, 0.1) is 0 Å². The highest BCUT2D eigenvalue weighted by Crippen LogP contribution is 2.18. The molecule has 134 valence electrons. The van der Waals surface area contributed by atoms with Gasteiger partial charge in [-0.3, -0.25) is 0 Å². The highest BCUT2D eigenvalue weighted by molar-refractivity contribution is 5.71. The van der Waals surface area contributed by atoms with E-state index in [2.05, 4.69) is 10.1 Å². The van der Waals surface area contributed by atoms with Crippen LogP contribution in [0.2, 0.25) is 0 Å². The van der Waals surface area contributed by atoms with E-state index in [0.717, 1.165) is 11.3 Å². The molecule has 0 fully saturated rings. The molecule has 0 saturated heterocycles. The lowest BCUT2D eigenvalue weighted by molar-refractivity contribution is -0.148. The lowest BCUT2D eigenvalue weighted by Crippen LogP contribution is -2.14. The fourth-order valence-electron chi connectivity index (χ4n) is 2.14. The molecule has 1 aromatic heterocycles. The van der Waals surface area contributed by atoms with Crippen LogP contribution in [0.15, 0.2) is 59.1 Å². The van der Waals surface area contributed by atoms with Crippen LogP contribution in [-0.2, 0) is 16.1 Å².